The average molecular weight is 556 g/mol. The lowest BCUT2D eigenvalue weighted by molar-refractivity contribution is -0.135. The summed E-state index contributed by atoms with van der Waals surface area (Å²) in [4.78, 5) is 53.1. The van der Waals surface area contributed by atoms with Crippen molar-refractivity contribution in [3.8, 4) is 5.75 Å². The molecule has 1 aromatic heterocycles. The largest absolute Gasteiger partial charge is 0.494 e. The van der Waals surface area contributed by atoms with Crippen LogP contribution in [0, 0.1) is 5.92 Å². The van der Waals surface area contributed by atoms with Crippen molar-refractivity contribution in [2.75, 3.05) is 32.8 Å². The molecule has 9 nitrogen and oxygen atoms in total. The van der Waals surface area contributed by atoms with E-state index in [1.54, 1.807) is 29.4 Å². The lowest BCUT2D eigenvalue weighted by atomic mass is 9.88. The van der Waals surface area contributed by atoms with Crippen LogP contribution in [0.1, 0.15) is 66.8 Å². The predicted octanol–water partition coefficient (Wildman–Crippen LogP) is 3.94. The number of carbonyl (C=O) groups excluding carboxylic acids is 3. The van der Waals surface area contributed by atoms with E-state index in [4.69, 9.17) is 4.74 Å². The first-order valence-corrected chi connectivity index (χ1v) is 14.9. The first-order chi connectivity index (χ1) is 20.1. The second-order valence-electron chi connectivity index (χ2n) is 11.4. The summed E-state index contributed by atoms with van der Waals surface area (Å²) in [6.45, 7) is 1.87. The Balaban J connectivity index is 1.25. The number of ether oxygens (including phenoxy) is 1. The zero-order valence-electron chi connectivity index (χ0n) is 23.3. The maximum atomic E-state index is 13.8. The first-order valence-electron chi connectivity index (χ1n) is 14.9. The third-order valence-corrected chi connectivity index (χ3v) is 8.66. The number of hydrogen-bond acceptors (Lipinski definition) is 6. The van der Waals surface area contributed by atoms with Gasteiger partial charge in [0.15, 0.2) is 0 Å². The van der Waals surface area contributed by atoms with Crippen LogP contribution in [0.3, 0.4) is 0 Å². The number of para-hydroxylation sites is 1. The van der Waals surface area contributed by atoms with Gasteiger partial charge in [0.05, 0.1) is 30.3 Å². The summed E-state index contributed by atoms with van der Waals surface area (Å²) in [6.07, 6.45) is 9.86. The highest BCUT2D eigenvalue weighted by molar-refractivity contribution is 6.05. The number of rotatable bonds is 2. The number of amides is 3. The number of hydrogen-bond donors (Lipinski definition) is 1. The molecule has 2 bridgehead atoms. The smallest absolute Gasteiger partial charge is 0.256 e. The second kappa shape index (κ2) is 12.2. The van der Waals surface area contributed by atoms with Gasteiger partial charge in [0.1, 0.15) is 11.3 Å². The lowest BCUT2D eigenvalue weighted by Gasteiger charge is -2.26. The summed E-state index contributed by atoms with van der Waals surface area (Å²) in [5.41, 5.74) is 2.63. The van der Waals surface area contributed by atoms with Gasteiger partial charge in [-0.05, 0) is 55.5 Å². The zero-order valence-corrected chi connectivity index (χ0v) is 23.3. The number of benzene rings is 2. The van der Waals surface area contributed by atoms with Crippen LogP contribution in [0.25, 0.3) is 11.0 Å². The molecule has 3 heterocycles. The Morgan fingerprint density at radius 3 is 2.61 bits per heavy atom. The molecule has 6 rings (SSSR count). The van der Waals surface area contributed by atoms with Crippen molar-refractivity contribution in [2.45, 2.75) is 56.9 Å². The van der Waals surface area contributed by atoms with Crippen molar-refractivity contribution in [1.82, 2.24) is 25.1 Å². The molecular formula is C32H37N5O4. The Bertz CT molecular complexity index is 1420. The van der Waals surface area contributed by atoms with E-state index in [-0.39, 0.29) is 42.1 Å². The quantitative estimate of drug-likeness (QED) is 0.514. The Kier molecular flexibility index (Phi) is 8.11. The number of nitrogens with zero attached hydrogens (tertiary/aromatic N) is 4. The van der Waals surface area contributed by atoms with Gasteiger partial charge in [-0.2, -0.15) is 0 Å². The van der Waals surface area contributed by atoms with Crippen LogP contribution < -0.4 is 10.1 Å². The third-order valence-electron chi connectivity index (χ3n) is 8.66. The van der Waals surface area contributed by atoms with Crippen LogP contribution in [0.15, 0.2) is 54.9 Å². The molecule has 1 N–H and O–H groups in total. The van der Waals surface area contributed by atoms with Crippen LogP contribution in [0.2, 0.25) is 0 Å². The maximum absolute atomic E-state index is 13.8. The third kappa shape index (κ3) is 6.04. The molecule has 1 aliphatic carbocycles. The normalized spacial score (nSPS) is 22.4. The Hall–Kier alpha value is -4.01. The molecule has 3 aliphatic rings. The van der Waals surface area contributed by atoms with Crippen molar-refractivity contribution in [1.29, 1.82) is 0 Å². The van der Waals surface area contributed by atoms with Crippen LogP contribution in [0.5, 0.6) is 5.75 Å². The van der Waals surface area contributed by atoms with Crippen molar-refractivity contribution in [3.05, 3.63) is 66.0 Å². The van der Waals surface area contributed by atoms with Crippen LogP contribution in [-0.4, -0.2) is 76.3 Å². The molecule has 3 amide bonds. The van der Waals surface area contributed by atoms with Crippen LogP contribution in [0.4, 0.5) is 0 Å². The second-order valence-corrected chi connectivity index (χ2v) is 11.4. The zero-order chi connectivity index (χ0) is 28.2. The highest BCUT2D eigenvalue weighted by atomic mass is 16.5. The van der Waals surface area contributed by atoms with E-state index in [1.807, 2.05) is 29.2 Å². The van der Waals surface area contributed by atoms with Gasteiger partial charge in [0, 0.05) is 43.9 Å². The van der Waals surface area contributed by atoms with Gasteiger partial charge in [-0.1, -0.05) is 37.5 Å². The van der Waals surface area contributed by atoms with Crippen molar-refractivity contribution < 1.29 is 19.1 Å². The molecule has 3 aromatic rings. The molecule has 41 heavy (non-hydrogen) atoms. The number of nitrogens with one attached hydrogen (secondary N) is 1. The van der Waals surface area contributed by atoms with E-state index < -0.39 is 0 Å². The van der Waals surface area contributed by atoms with Gasteiger partial charge >= 0.3 is 0 Å². The molecule has 2 aliphatic heterocycles. The minimum absolute atomic E-state index is 0.0597. The first kappa shape index (κ1) is 27.2. The molecule has 2 aromatic carbocycles. The predicted molar refractivity (Wildman–Crippen MR) is 154 cm³/mol. The molecule has 9 heteroatoms. The van der Waals surface area contributed by atoms with Gasteiger partial charge in [-0.3, -0.25) is 24.4 Å². The van der Waals surface area contributed by atoms with Gasteiger partial charge in [-0.15, -0.1) is 0 Å². The minimum Gasteiger partial charge on any atom is -0.494 e. The fourth-order valence-electron chi connectivity index (χ4n) is 6.52. The van der Waals surface area contributed by atoms with E-state index in [1.165, 1.54) is 6.42 Å². The minimum atomic E-state index is -0.256. The van der Waals surface area contributed by atoms with Gasteiger partial charge < -0.3 is 19.9 Å². The lowest BCUT2D eigenvalue weighted by Crippen LogP contribution is -2.47. The van der Waals surface area contributed by atoms with Crippen molar-refractivity contribution >= 4 is 28.8 Å². The Labute approximate surface area is 240 Å². The average Bonchev–Trinajstić information content (AvgIpc) is 3.43. The fourth-order valence-corrected chi connectivity index (χ4v) is 6.52. The summed E-state index contributed by atoms with van der Waals surface area (Å²) in [7, 11) is 0. The van der Waals surface area contributed by atoms with E-state index in [9.17, 15) is 14.4 Å². The standard InChI is InChI=1S/C32H37N5O4/c38-29-21-36(32(40)25-12-7-13-27-30(25)34-15-14-33-27)16-4-5-17-41-24-11-6-10-23(18-24)26-19-37(20-28(26)35-29)31(39)22-8-2-1-3-9-22/h6-7,10-15,18,22,26,28H,1-5,8-9,16-17,19-21H2,(H,35,38)/t26-,28+/m1/s1. The summed E-state index contributed by atoms with van der Waals surface area (Å²) in [5.74, 6) is 0.516. The molecule has 1 saturated carbocycles. The van der Waals surface area contributed by atoms with Gasteiger partial charge in [0.2, 0.25) is 11.8 Å². The fraction of sp³-hybridized carbons (Fsp3) is 0.469. The van der Waals surface area contributed by atoms with E-state index >= 15 is 0 Å². The number of likely N-dealkylation sites (tertiary alicyclic amines) is 1. The number of carbonyl (C=O) groups is 3. The van der Waals surface area contributed by atoms with Crippen molar-refractivity contribution in [2.24, 2.45) is 5.92 Å². The number of fused-ring (bicyclic) bond motifs is 5. The molecule has 0 spiro atoms. The molecule has 0 unspecified atom stereocenters. The Morgan fingerprint density at radius 1 is 0.902 bits per heavy atom. The summed E-state index contributed by atoms with van der Waals surface area (Å²) in [6, 6.07) is 13.1. The molecule has 0 radical (unpaired) electrons. The number of aromatic nitrogens is 2. The van der Waals surface area contributed by atoms with Gasteiger partial charge in [-0.25, -0.2) is 0 Å². The Morgan fingerprint density at radius 2 is 1.73 bits per heavy atom. The highest BCUT2D eigenvalue weighted by Crippen LogP contribution is 2.33. The summed E-state index contributed by atoms with van der Waals surface area (Å²) in [5, 5.41) is 3.21. The maximum Gasteiger partial charge on any atom is 0.256 e. The molecular weight excluding hydrogens is 518 g/mol. The van der Waals surface area contributed by atoms with E-state index in [2.05, 4.69) is 21.4 Å². The summed E-state index contributed by atoms with van der Waals surface area (Å²) >= 11 is 0. The van der Waals surface area contributed by atoms with Gasteiger partial charge in [0.25, 0.3) is 5.91 Å². The highest BCUT2D eigenvalue weighted by Gasteiger charge is 2.39. The summed E-state index contributed by atoms with van der Waals surface area (Å²) < 4.78 is 6.08. The monoisotopic (exact) mass is 555 g/mol. The molecule has 2 atom stereocenters. The van der Waals surface area contributed by atoms with Crippen LogP contribution in [-0.2, 0) is 9.59 Å². The molecule has 1 saturated heterocycles. The molecule has 214 valence electrons. The van der Waals surface area contributed by atoms with E-state index in [0.717, 1.165) is 43.4 Å². The molecule has 2 fully saturated rings. The topological polar surface area (TPSA) is 105 Å². The van der Waals surface area contributed by atoms with Crippen LogP contribution >= 0.6 is 0 Å². The van der Waals surface area contributed by atoms with Crippen molar-refractivity contribution in [3.63, 3.8) is 0 Å². The SMILES string of the molecule is O=C1CN(C(=O)c2cccc3nccnc23)CCCCOc2cccc(c2)[C@H]2CN(C(=O)C3CCCCC3)C[C@@H]2N1. The van der Waals surface area contributed by atoms with E-state index in [0.29, 0.717) is 49.3 Å².